The zero-order chi connectivity index (χ0) is 32.3. The monoisotopic (exact) mass is 634 g/mol. The summed E-state index contributed by atoms with van der Waals surface area (Å²) in [4.78, 5) is 41.0. The summed E-state index contributed by atoms with van der Waals surface area (Å²) in [6.07, 6.45) is 3.38. The van der Waals surface area contributed by atoms with E-state index in [4.69, 9.17) is 11.6 Å². The molecule has 0 radical (unpaired) electrons. The molecule has 9 nitrogen and oxygen atoms in total. The van der Waals surface area contributed by atoms with E-state index in [2.05, 4.69) is 16.5 Å². The first-order valence-electron chi connectivity index (χ1n) is 14.8. The minimum atomic E-state index is -1.07. The zero-order valence-corrected chi connectivity index (χ0v) is 26.2. The molecule has 2 aromatic heterocycles. The van der Waals surface area contributed by atoms with Gasteiger partial charge in [0, 0.05) is 51.0 Å². The molecule has 4 heterocycles. The molecule has 1 atom stereocenters. The standard InChI is InChI=1S/C33H33ClF2N6O3/c1-6-22(44)40-14-15-41-19(16-40)11-13-39(5)30-25-31(27(36)24(26(30)35)23-20(34)8-7-9-21(23)43)42(33(45)38-32(25)41)29-18(4)10-12-37-28(29)17(2)3/h6-10,12,17,19,43H,1,11,13-16H2,2-5H3. The van der Waals surface area contributed by atoms with Crippen molar-refractivity contribution in [2.24, 2.45) is 0 Å². The Morgan fingerprint density at radius 3 is 2.58 bits per heavy atom. The van der Waals surface area contributed by atoms with Gasteiger partial charge >= 0.3 is 5.69 Å². The number of aromatic hydroxyl groups is 1. The summed E-state index contributed by atoms with van der Waals surface area (Å²) in [5.41, 5.74) is -0.189. The Balaban J connectivity index is 1.80. The Hall–Kier alpha value is -4.51. The molecule has 6 rings (SSSR count). The average Bonchev–Trinajstić information content (AvgIpc) is 3.00. The minimum Gasteiger partial charge on any atom is -0.507 e. The number of hydrogen-bond donors (Lipinski definition) is 1. The highest BCUT2D eigenvalue weighted by Crippen LogP contribution is 2.48. The Kier molecular flexibility index (Phi) is 7.76. The van der Waals surface area contributed by atoms with Crippen molar-refractivity contribution in [3.8, 4) is 22.6 Å². The van der Waals surface area contributed by atoms with Gasteiger partial charge < -0.3 is 19.8 Å². The van der Waals surface area contributed by atoms with Gasteiger partial charge in [-0.25, -0.2) is 13.6 Å². The van der Waals surface area contributed by atoms with Crippen molar-refractivity contribution in [3.63, 3.8) is 0 Å². The molecule has 1 amide bonds. The lowest BCUT2D eigenvalue weighted by Crippen LogP contribution is -2.56. The van der Waals surface area contributed by atoms with E-state index in [1.807, 2.05) is 18.7 Å². The Morgan fingerprint density at radius 1 is 1.13 bits per heavy atom. The third-order valence-corrected chi connectivity index (χ3v) is 9.07. The maximum Gasteiger partial charge on any atom is 0.354 e. The molecule has 0 aliphatic carbocycles. The van der Waals surface area contributed by atoms with Crippen LogP contribution in [0.3, 0.4) is 0 Å². The van der Waals surface area contributed by atoms with E-state index < -0.39 is 28.6 Å². The van der Waals surface area contributed by atoms with Crippen LogP contribution in [0, 0.1) is 18.6 Å². The van der Waals surface area contributed by atoms with Crippen LogP contribution in [0.5, 0.6) is 5.75 Å². The number of piperazine rings is 1. The van der Waals surface area contributed by atoms with Crippen LogP contribution in [-0.4, -0.2) is 69.7 Å². The lowest BCUT2D eigenvalue weighted by Gasteiger charge is -2.44. The largest absolute Gasteiger partial charge is 0.507 e. The topological polar surface area (TPSA) is 94.8 Å². The summed E-state index contributed by atoms with van der Waals surface area (Å²) in [7, 11) is 1.69. The first kappa shape index (κ1) is 30.5. The molecule has 45 heavy (non-hydrogen) atoms. The van der Waals surface area contributed by atoms with E-state index in [0.717, 1.165) is 0 Å². The van der Waals surface area contributed by atoms with Gasteiger partial charge in [-0.05, 0) is 49.1 Å². The zero-order valence-electron chi connectivity index (χ0n) is 25.4. The molecule has 0 saturated carbocycles. The smallest absolute Gasteiger partial charge is 0.354 e. The van der Waals surface area contributed by atoms with Crippen LogP contribution in [0.1, 0.15) is 37.4 Å². The number of phenols is 1. The molecule has 2 aliphatic rings. The Labute approximate surface area is 264 Å². The highest BCUT2D eigenvalue weighted by Gasteiger charge is 2.38. The highest BCUT2D eigenvalue weighted by molar-refractivity contribution is 6.33. The van der Waals surface area contributed by atoms with Crippen LogP contribution in [0.2, 0.25) is 5.02 Å². The number of aromatic nitrogens is 3. The number of nitrogens with zero attached hydrogens (tertiary/aromatic N) is 6. The van der Waals surface area contributed by atoms with Gasteiger partial charge in [-0.2, -0.15) is 4.98 Å². The summed E-state index contributed by atoms with van der Waals surface area (Å²) in [6, 6.07) is 5.66. The van der Waals surface area contributed by atoms with Crippen molar-refractivity contribution in [2.45, 2.75) is 39.2 Å². The third-order valence-electron chi connectivity index (χ3n) is 8.76. The molecule has 1 fully saturated rings. The number of carbonyl (C=O) groups is 1. The maximum absolute atomic E-state index is 17.4. The van der Waals surface area contributed by atoms with Crippen LogP contribution in [0.4, 0.5) is 20.3 Å². The molecule has 0 bridgehead atoms. The molecular weight excluding hydrogens is 602 g/mol. The van der Waals surface area contributed by atoms with Gasteiger partial charge in [0.1, 0.15) is 17.1 Å². The fourth-order valence-corrected chi connectivity index (χ4v) is 6.85. The molecule has 0 spiro atoms. The number of carbonyl (C=O) groups excluding carboxylic acids is 1. The third kappa shape index (κ3) is 4.80. The molecule has 4 aromatic rings. The van der Waals surface area contributed by atoms with Crippen LogP contribution in [0.25, 0.3) is 27.7 Å². The van der Waals surface area contributed by atoms with Gasteiger partial charge in [-0.3, -0.25) is 14.3 Å². The van der Waals surface area contributed by atoms with Gasteiger partial charge in [0.15, 0.2) is 11.6 Å². The van der Waals surface area contributed by atoms with Gasteiger partial charge in [-0.15, -0.1) is 0 Å². The molecule has 2 aromatic carbocycles. The van der Waals surface area contributed by atoms with Gasteiger partial charge in [-0.1, -0.05) is 38.1 Å². The van der Waals surface area contributed by atoms with Gasteiger partial charge in [0.2, 0.25) is 5.91 Å². The summed E-state index contributed by atoms with van der Waals surface area (Å²) >= 11 is 6.47. The number of phenolic OH excluding ortho intramolecular Hbond substituents is 1. The SMILES string of the molecule is C=CC(=O)N1CCN2c3nc(=O)n(-c4c(C)ccnc4C(C)C)c4c(F)c(-c5c(O)cccc5Cl)c(F)c(c34)N(C)CCC2C1. The van der Waals surface area contributed by atoms with Crippen LogP contribution in [0.15, 0.2) is 47.9 Å². The minimum absolute atomic E-state index is 0.0210. The lowest BCUT2D eigenvalue weighted by atomic mass is 9.96. The Bertz CT molecular complexity index is 1920. The predicted octanol–water partition coefficient (Wildman–Crippen LogP) is 5.56. The summed E-state index contributed by atoms with van der Waals surface area (Å²) in [5, 5.41) is 10.9. The van der Waals surface area contributed by atoms with E-state index in [1.54, 1.807) is 36.0 Å². The summed E-state index contributed by atoms with van der Waals surface area (Å²) in [6.45, 7) is 10.5. The van der Waals surface area contributed by atoms with E-state index in [1.165, 1.54) is 28.8 Å². The number of rotatable bonds is 4. The van der Waals surface area contributed by atoms with Gasteiger partial charge in [0.25, 0.3) is 0 Å². The summed E-state index contributed by atoms with van der Waals surface area (Å²) < 4.78 is 35.5. The molecule has 234 valence electrons. The van der Waals surface area contributed by atoms with Crippen molar-refractivity contribution in [1.29, 1.82) is 0 Å². The number of pyridine rings is 1. The average molecular weight is 635 g/mol. The Morgan fingerprint density at radius 2 is 1.89 bits per heavy atom. The fraction of sp³-hybridized carbons (Fsp3) is 0.333. The highest BCUT2D eigenvalue weighted by atomic mass is 35.5. The maximum atomic E-state index is 17.4. The molecule has 1 saturated heterocycles. The van der Waals surface area contributed by atoms with E-state index in [0.29, 0.717) is 49.5 Å². The van der Waals surface area contributed by atoms with E-state index in [-0.39, 0.29) is 50.9 Å². The first-order chi connectivity index (χ1) is 21.5. The number of aryl methyl sites for hydroxylation is 1. The lowest BCUT2D eigenvalue weighted by molar-refractivity contribution is -0.126. The number of benzene rings is 2. The summed E-state index contributed by atoms with van der Waals surface area (Å²) in [5.74, 6) is -2.66. The van der Waals surface area contributed by atoms with Crippen LogP contribution < -0.4 is 15.5 Å². The van der Waals surface area contributed by atoms with Crippen molar-refractivity contribution < 1.29 is 18.7 Å². The van der Waals surface area contributed by atoms with E-state index in [9.17, 15) is 14.7 Å². The van der Waals surface area contributed by atoms with E-state index >= 15 is 8.78 Å². The molecular formula is C33H33ClF2N6O3. The molecule has 1 N–H and O–H groups in total. The quantitative estimate of drug-likeness (QED) is 0.294. The van der Waals surface area contributed by atoms with Crippen molar-refractivity contribution in [3.05, 3.63) is 81.5 Å². The number of amides is 1. The number of anilines is 2. The second-order valence-corrected chi connectivity index (χ2v) is 12.2. The number of halogens is 3. The predicted molar refractivity (Wildman–Crippen MR) is 172 cm³/mol. The number of hydrogen-bond acceptors (Lipinski definition) is 7. The molecule has 1 unspecified atom stereocenters. The number of fused-ring (bicyclic) bond motifs is 2. The van der Waals surface area contributed by atoms with Crippen molar-refractivity contribution in [1.82, 2.24) is 19.4 Å². The van der Waals surface area contributed by atoms with Crippen molar-refractivity contribution in [2.75, 3.05) is 43.0 Å². The normalized spacial score (nSPS) is 16.5. The van der Waals surface area contributed by atoms with Crippen molar-refractivity contribution >= 4 is 39.9 Å². The molecule has 2 aliphatic heterocycles. The second-order valence-electron chi connectivity index (χ2n) is 11.8. The van der Waals surface area contributed by atoms with Crippen LogP contribution in [-0.2, 0) is 4.79 Å². The van der Waals surface area contributed by atoms with Crippen LogP contribution >= 0.6 is 11.6 Å². The van der Waals surface area contributed by atoms with Gasteiger partial charge in [0.05, 0.1) is 33.0 Å². The second kappa shape index (κ2) is 11.4. The molecule has 12 heteroatoms. The fourth-order valence-electron chi connectivity index (χ4n) is 6.58. The first-order valence-corrected chi connectivity index (χ1v) is 15.1.